The second kappa shape index (κ2) is 5.93. The quantitative estimate of drug-likeness (QED) is 0.782. The molecule has 0 unspecified atom stereocenters. The van der Waals surface area contributed by atoms with Crippen molar-refractivity contribution in [1.29, 1.82) is 0 Å². The molecule has 3 rings (SSSR count). The Labute approximate surface area is 124 Å². The summed E-state index contributed by atoms with van der Waals surface area (Å²) in [5, 5.41) is 4.33. The lowest BCUT2D eigenvalue weighted by Gasteiger charge is -2.18. The normalized spacial score (nSPS) is 11.2. The number of benzene rings is 1. The number of nitrogens with one attached hydrogen (secondary N) is 1. The first-order chi connectivity index (χ1) is 10.2. The molecule has 0 amide bonds. The first kappa shape index (κ1) is 13.6. The highest BCUT2D eigenvalue weighted by atomic mass is 15.3. The zero-order valence-corrected chi connectivity index (χ0v) is 12.3. The third kappa shape index (κ3) is 3.03. The van der Waals surface area contributed by atoms with Crippen LogP contribution >= 0.6 is 0 Å². The molecule has 2 heterocycles. The highest BCUT2D eigenvalue weighted by Crippen LogP contribution is 2.16. The Kier molecular flexibility index (Phi) is 3.83. The van der Waals surface area contributed by atoms with Gasteiger partial charge in [0.1, 0.15) is 0 Å². The maximum absolute atomic E-state index is 4.35. The van der Waals surface area contributed by atoms with Crippen LogP contribution in [0.5, 0.6) is 0 Å². The van der Waals surface area contributed by atoms with Crippen LogP contribution < -0.4 is 0 Å². The largest absolute Gasteiger partial charge is 0.348 e. The van der Waals surface area contributed by atoms with Crippen LogP contribution in [0, 0.1) is 6.92 Å². The Hall–Kier alpha value is -2.40. The van der Waals surface area contributed by atoms with Crippen molar-refractivity contribution in [2.24, 2.45) is 0 Å². The first-order valence-corrected chi connectivity index (χ1v) is 6.99. The summed E-state index contributed by atoms with van der Waals surface area (Å²) in [5.74, 6) is 0. The van der Waals surface area contributed by atoms with Gasteiger partial charge in [-0.3, -0.25) is 4.90 Å². The van der Waals surface area contributed by atoms with Gasteiger partial charge in [-0.05, 0) is 31.7 Å². The summed E-state index contributed by atoms with van der Waals surface area (Å²) in [6, 6.07) is 10.3. The number of aryl methyl sites for hydroxylation is 1. The fourth-order valence-electron chi connectivity index (χ4n) is 2.43. The molecule has 0 saturated carbocycles. The molecule has 0 aliphatic rings. The molecule has 1 aromatic carbocycles. The van der Waals surface area contributed by atoms with Crippen LogP contribution in [0.4, 0.5) is 0 Å². The highest BCUT2D eigenvalue weighted by molar-refractivity contribution is 5.40. The van der Waals surface area contributed by atoms with Gasteiger partial charge in [0.05, 0.1) is 17.7 Å². The Morgan fingerprint density at radius 1 is 1.19 bits per heavy atom. The lowest BCUT2D eigenvalue weighted by atomic mass is 10.1. The molecule has 0 aliphatic heterocycles. The van der Waals surface area contributed by atoms with Crippen molar-refractivity contribution >= 4 is 0 Å². The van der Waals surface area contributed by atoms with E-state index in [9.17, 15) is 0 Å². The number of H-pyrrole nitrogens is 1. The van der Waals surface area contributed by atoms with E-state index in [4.69, 9.17) is 0 Å². The molecule has 5 heteroatoms. The maximum Gasteiger partial charge on any atom is 0.0925 e. The molecule has 1 N–H and O–H groups in total. The van der Waals surface area contributed by atoms with Gasteiger partial charge >= 0.3 is 0 Å². The number of aromatic amines is 1. The molecule has 0 atom stereocenters. The van der Waals surface area contributed by atoms with Crippen molar-refractivity contribution in [1.82, 2.24) is 24.6 Å². The number of imidazole rings is 1. The SMILES string of the molecule is Cc1[nH]cnc1CN(C)Cc1ccccc1-n1cccn1. The van der Waals surface area contributed by atoms with Crippen LogP contribution in [0.25, 0.3) is 5.69 Å². The van der Waals surface area contributed by atoms with Crippen LogP contribution in [-0.4, -0.2) is 31.7 Å². The molecular formula is C16H19N5. The molecule has 2 aromatic heterocycles. The first-order valence-electron chi connectivity index (χ1n) is 6.99. The van der Waals surface area contributed by atoms with E-state index in [0.717, 1.165) is 30.2 Å². The number of hydrogen-bond acceptors (Lipinski definition) is 3. The molecule has 0 radical (unpaired) electrons. The molecule has 0 fully saturated rings. The summed E-state index contributed by atoms with van der Waals surface area (Å²) >= 11 is 0. The number of aromatic nitrogens is 4. The minimum Gasteiger partial charge on any atom is -0.348 e. The van der Waals surface area contributed by atoms with E-state index in [1.165, 1.54) is 5.56 Å². The van der Waals surface area contributed by atoms with Crippen molar-refractivity contribution in [2.45, 2.75) is 20.0 Å². The maximum atomic E-state index is 4.35. The van der Waals surface area contributed by atoms with Crippen molar-refractivity contribution in [2.75, 3.05) is 7.05 Å². The monoisotopic (exact) mass is 281 g/mol. The molecule has 0 saturated heterocycles. The van der Waals surface area contributed by atoms with E-state index in [0.29, 0.717) is 0 Å². The topological polar surface area (TPSA) is 49.7 Å². The van der Waals surface area contributed by atoms with E-state index in [2.05, 4.69) is 45.2 Å². The smallest absolute Gasteiger partial charge is 0.0925 e. The standard InChI is InChI=1S/C16H19N5/c1-13-15(18-12-17-13)11-20(2)10-14-6-3-4-7-16(14)21-9-5-8-19-21/h3-9,12H,10-11H2,1-2H3,(H,17,18). The van der Waals surface area contributed by atoms with Crippen molar-refractivity contribution in [3.05, 3.63) is 66.0 Å². The summed E-state index contributed by atoms with van der Waals surface area (Å²) in [5.41, 5.74) is 4.58. The fraction of sp³-hybridized carbons (Fsp3) is 0.250. The average Bonchev–Trinajstić information content (AvgIpc) is 3.12. The summed E-state index contributed by atoms with van der Waals surface area (Å²) in [4.78, 5) is 9.73. The van der Waals surface area contributed by atoms with E-state index >= 15 is 0 Å². The van der Waals surface area contributed by atoms with Gasteiger partial charge in [0, 0.05) is 31.2 Å². The zero-order valence-electron chi connectivity index (χ0n) is 12.3. The predicted molar refractivity (Wildman–Crippen MR) is 82.1 cm³/mol. The Balaban J connectivity index is 1.77. The molecule has 108 valence electrons. The summed E-state index contributed by atoms with van der Waals surface area (Å²) in [6.45, 7) is 3.72. The van der Waals surface area contributed by atoms with Gasteiger partial charge in [-0.2, -0.15) is 5.10 Å². The number of para-hydroxylation sites is 1. The summed E-state index contributed by atoms with van der Waals surface area (Å²) in [7, 11) is 2.11. The Bertz CT molecular complexity index is 699. The van der Waals surface area contributed by atoms with Gasteiger partial charge in [-0.1, -0.05) is 18.2 Å². The van der Waals surface area contributed by atoms with Crippen LogP contribution in [0.1, 0.15) is 17.0 Å². The molecule has 3 aromatic rings. The third-order valence-corrected chi connectivity index (χ3v) is 3.54. The van der Waals surface area contributed by atoms with Crippen LogP contribution in [-0.2, 0) is 13.1 Å². The minimum atomic E-state index is 0.822. The van der Waals surface area contributed by atoms with Gasteiger partial charge < -0.3 is 4.98 Å². The van der Waals surface area contributed by atoms with E-state index in [1.54, 1.807) is 12.5 Å². The van der Waals surface area contributed by atoms with Crippen LogP contribution in [0.2, 0.25) is 0 Å². The second-order valence-corrected chi connectivity index (χ2v) is 5.23. The van der Waals surface area contributed by atoms with E-state index in [-0.39, 0.29) is 0 Å². The predicted octanol–water partition coefficient (Wildman–Crippen LogP) is 2.54. The minimum absolute atomic E-state index is 0.822. The van der Waals surface area contributed by atoms with Crippen molar-refractivity contribution in [3.63, 3.8) is 0 Å². The van der Waals surface area contributed by atoms with Gasteiger partial charge in [-0.25, -0.2) is 9.67 Å². The number of hydrogen-bond donors (Lipinski definition) is 1. The number of rotatable bonds is 5. The zero-order chi connectivity index (χ0) is 14.7. The molecule has 0 bridgehead atoms. The summed E-state index contributed by atoms with van der Waals surface area (Å²) in [6.07, 6.45) is 5.51. The lowest BCUT2D eigenvalue weighted by Crippen LogP contribution is -2.19. The highest BCUT2D eigenvalue weighted by Gasteiger charge is 2.09. The lowest BCUT2D eigenvalue weighted by molar-refractivity contribution is 0.314. The third-order valence-electron chi connectivity index (χ3n) is 3.54. The molecule has 21 heavy (non-hydrogen) atoms. The van der Waals surface area contributed by atoms with Crippen LogP contribution in [0.15, 0.2) is 49.1 Å². The molecule has 0 spiro atoms. The van der Waals surface area contributed by atoms with E-state index < -0.39 is 0 Å². The van der Waals surface area contributed by atoms with Gasteiger partial charge in [0.15, 0.2) is 0 Å². The molecule has 5 nitrogen and oxygen atoms in total. The fourth-order valence-corrected chi connectivity index (χ4v) is 2.43. The average molecular weight is 281 g/mol. The molecular weight excluding hydrogens is 262 g/mol. The van der Waals surface area contributed by atoms with Crippen molar-refractivity contribution < 1.29 is 0 Å². The summed E-state index contributed by atoms with van der Waals surface area (Å²) < 4.78 is 1.91. The Morgan fingerprint density at radius 3 is 2.76 bits per heavy atom. The van der Waals surface area contributed by atoms with E-state index in [1.807, 2.05) is 29.9 Å². The van der Waals surface area contributed by atoms with Gasteiger partial charge in [-0.15, -0.1) is 0 Å². The van der Waals surface area contributed by atoms with Crippen molar-refractivity contribution in [3.8, 4) is 5.69 Å². The Morgan fingerprint density at radius 2 is 2.05 bits per heavy atom. The number of nitrogens with zero attached hydrogens (tertiary/aromatic N) is 4. The van der Waals surface area contributed by atoms with Crippen LogP contribution in [0.3, 0.4) is 0 Å². The molecule has 0 aliphatic carbocycles. The van der Waals surface area contributed by atoms with Gasteiger partial charge in [0.25, 0.3) is 0 Å². The second-order valence-electron chi connectivity index (χ2n) is 5.23. The van der Waals surface area contributed by atoms with Gasteiger partial charge in [0.2, 0.25) is 0 Å².